The summed E-state index contributed by atoms with van der Waals surface area (Å²) in [7, 11) is 0. The molecule has 1 unspecified atom stereocenters. The van der Waals surface area contributed by atoms with Gasteiger partial charge in [0.05, 0.1) is 6.10 Å². The molecule has 280 valence electrons. The van der Waals surface area contributed by atoms with Crippen molar-refractivity contribution in [1.82, 2.24) is 5.32 Å². The molecule has 0 aromatic rings. The van der Waals surface area contributed by atoms with Crippen LogP contribution in [0.3, 0.4) is 0 Å². The maximum absolute atomic E-state index is 12.1. The van der Waals surface area contributed by atoms with Crippen LogP contribution in [0.25, 0.3) is 0 Å². The fourth-order valence-electron chi connectivity index (χ4n) is 5.34. The summed E-state index contributed by atoms with van der Waals surface area (Å²) in [4.78, 5) is 46.2. The number of carboxylic acid groups (broad SMARTS) is 1. The van der Waals surface area contributed by atoms with Gasteiger partial charge in [-0.3, -0.25) is 14.4 Å². The van der Waals surface area contributed by atoms with Crippen molar-refractivity contribution in [1.29, 1.82) is 0 Å². The van der Waals surface area contributed by atoms with Crippen LogP contribution in [0.2, 0.25) is 0 Å². The summed E-state index contributed by atoms with van der Waals surface area (Å²) in [5.41, 5.74) is 5.06. The van der Waals surface area contributed by atoms with Gasteiger partial charge in [0, 0.05) is 19.3 Å². The van der Waals surface area contributed by atoms with Crippen molar-refractivity contribution in [3.63, 3.8) is 0 Å². The molecule has 4 N–H and O–H groups in total. The lowest BCUT2D eigenvalue weighted by atomic mass is 10.1. The smallest absolute Gasteiger partial charge is 0.326 e. The molecule has 0 saturated carbocycles. The average Bonchev–Trinajstić information content (AvgIpc) is 3.06. The van der Waals surface area contributed by atoms with Gasteiger partial charge in [-0.25, -0.2) is 4.79 Å². The second-order valence-corrected chi connectivity index (χ2v) is 13.2. The van der Waals surface area contributed by atoms with E-state index in [0.717, 1.165) is 83.5 Å². The quantitative estimate of drug-likeness (QED) is 0.0350. The predicted molar refractivity (Wildman–Crippen MR) is 202 cm³/mol. The maximum atomic E-state index is 12.1. The van der Waals surface area contributed by atoms with Crippen molar-refractivity contribution in [2.24, 2.45) is 5.73 Å². The topological polar surface area (TPSA) is 136 Å². The fourth-order valence-corrected chi connectivity index (χ4v) is 5.34. The van der Waals surface area contributed by atoms with Crippen LogP contribution in [0.5, 0.6) is 0 Å². The van der Waals surface area contributed by atoms with Crippen molar-refractivity contribution < 1.29 is 29.0 Å². The number of primary amides is 1. The summed E-state index contributed by atoms with van der Waals surface area (Å²) in [6, 6.07) is -1.07. The molecule has 0 aromatic heterocycles. The van der Waals surface area contributed by atoms with Gasteiger partial charge in [-0.05, 0) is 96.8 Å². The first-order chi connectivity index (χ1) is 23.8. The summed E-state index contributed by atoms with van der Waals surface area (Å²) < 4.78 is 5.59. The number of allylic oxidation sites excluding steroid dienone is 8. The summed E-state index contributed by atoms with van der Waals surface area (Å²) in [6.45, 7) is 4.23. The third-order valence-corrected chi connectivity index (χ3v) is 8.34. The first kappa shape index (κ1) is 45.8. The van der Waals surface area contributed by atoms with Crippen LogP contribution in [0, 0.1) is 0 Å². The minimum atomic E-state index is -1.15. The highest BCUT2D eigenvalue weighted by Gasteiger charge is 2.20. The highest BCUT2D eigenvalue weighted by atomic mass is 16.5. The Bertz CT molecular complexity index is 971. The molecule has 0 radical (unpaired) electrons. The number of nitrogens with two attached hydrogens (primary N) is 1. The van der Waals surface area contributed by atoms with Crippen LogP contribution >= 0.6 is 0 Å². The SMILES string of the molecule is CCCCC/C=C\C/C=C\CCCCCCCC(=O)OC(C)CCC/C=C\C/C=C\CCCCCCCC(=O)N[C@@H](CCC(N)=O)C(=O)O. The standard InChI is InChI=1S/C41H70N2O6/c1-3-4-5-6-7-8-9-10-11-15-18-21-24-27-30-33-40(46)49-36(2)31-28-25-22-19-16-13-12-14-17-20-23-26-29-32-39(45)43-37(41(47)48)34-35-38(42)44/h7-8,10-13,19,22,36-37H,3-6,9,14-18,20-21,23-35H2,1-2H3,(H2,42,44)(H,43,45)(H,47,48)/b8-7-,11-10-,13-12-,22-19-/t36?,37-/m0/s1. The van der Waals surface area contributed by atoms with Gasteiger partial charge in [-0.1, -0.05) is 107 Å². The number of aliphatic carboxylic acids is 1. The Labute approximate surface area is 298 Å². The minimum absolute atomic E-state index is 0.00921. The Kier molecular flexibility index (Phi) is 32.5. The number of esters is 1. The number of nitrogens with one attached hydrogen (secondary N) is 1. The summed E-state index contributed by atoms with van der Waals surface area (Å²) in [5, 5.41) is 11.6. The van der Waals surface area contributed by atoms with Crippen molar-refractivity contribution in [2.45, 2.75) is 187 Å². The van der Waals surface area contributed by atoms with Gasteiger partial charge < -0.3 is 20.9 Å². The molecule has 0 aliphatic carbocycles. The zero-order chi connectivity index (χ0) is 36.2. The molecule has 2 atom stereocenters. The van der Waals surface area contributed by atoms with E-state index in [4.69, 9.17) is 15.6 Å². The number of carbonyl (C=O) groups is 4. The number of rotatable bonds is 34. The summed E-state index contributed by atoms with van der Waals surface area (Å²) >= 11 is 0. The second kappa shape index (κ2) is 34.7. The molecule has 49 heavy (non-hydrogen) atoms. The van der Waals surface area contributed by atoms with Gasteiger partial charge in [0.25, 0.3) is 0 Å². The van der Waals surface area contributed by atoms with Crippen molar-refractivity contribution in [3.05, 3.63) is 48.6 Å². The van der Waals surface area contributed by atoms with E-state index in [1.54, 1.807) is 0 Å². The van der Waals surface area contributed by atoms with Crippen LogP contribution in [-0.2, 0) is 23.9 Å². The first-order valence-corrected chi connectivity index (χ1v) is 19.4. The van der Waals surface area contributed by atoms with E-state index in [9.17, 15) is 19.2 Å². The first-order valence-electron chi connectivity index (χ1n) is 19.4. The number of ether oxygens (including phenoxy) is 1. The molecule has 0 aromatic carbocycles. The van der Waals surface area contributed by atoms with E-state index in [2.05, 4.69) is 60.8 Å². The van der Waals surface area contributed by atoms with Gasteiger partial charge in [0.2, 0.25) is 11.8 Å². The highest BCUT2D eigenvalue weighted by Crippen LogP contribution is 2.12. The van der Waals surface area contributed by atoms with Crippen LogP contribution in [0.4, 0.5) is 0 Å². The molecule has 0 saturated heterocycles. The zero-order valence-corrected chi connectivity index (χ0v) is 31.0. The molecule has 8 heteroatoms. The lowest BCUT2D eigenvalue weighted by Gasteiger charge is -2.13. The lowest BCUT2D eigenvalue weighted by Crippen LogP contribution is -2.41. The van der Waals surface area contributed by atoms with E-state index >= 15 is 0 Å². The van der Waals surface area contributed by atoms with Gasteiger partial charge in [0.15, 0.2) is 0 Å². The lowest BCUT2D eigenvalue weighted by molar-refractivity contribution is -0.148. The monoisotopic (exact) mass is 687 g/mol. The minimum Gasteiger partial charge on any atom is -0.480 e. The Balaban J connectivity index is 3.61. The van der Waals surface area contributed by atoms with Gasteiger partial charge in [-0.2, -0.15) is 0 Å². The van der Waals surface area contributed by atoms with Gasteiger partial charge >= 0.3 is 11.9 Å². The fraction of sp³-hybridized carbons (Fsp3) is 0.707. The maximum Gasteiger partial charge on any atom is 0.326 e. The van der Waals surface area contributed by atoms with Crippen molar-refractivity contribution in [3.8, 4) is 0 Å². The Morgan fingerprint density at radius 2 is 1.08 bits per heavy atom. The molecular formula is C41H70N2O6. The predicted octanol–water partition coefficient (Wildman–Crippen LogP) is 9.97. The van der Waals surface area contributed by atoms with Crippen molar-refractivity contribution >= 4 is 23.8 Å². The number of carbonyl (C=O) groups excluding carboxylic acids is 3. The van der Waals surface area contributed by atoms with Gasteiger partial charge in [-0.15, -0.1) is 0 Å². The normalized spacial score (nSPS) is 13.1. The number of carboxylic acids is 1. The summed E-state index contributed by atoms with van der Waals surface area (Å²) in [6.07, 6.45) is 41.3. The molecule has 0 spiro atoms. The van der Waals surface area contributed by atoms with E-state index in [-0.39, 0.29) is 37.2 Å². The molecular weight excluding hydrogens is 616 g/mol. The van der Waals surface area contributed by atoms with Gasteiger partial charge in [0.1, 0.15) is 6.04 Å². The molecule has 0 bridgehead atoms. The van der Waals surface area contributed by atoms with Crippen LogP contribution in [-0.4, -0.2) is 41.0 Å². The Morgan fingerprint density at radius 1 is 0.612 bits per heavy atom. The highest BCUT2D eigenvalue weighted by molar-refractivity contribution is 5.84. The molecule has 0 heterocycles. The second-order valence-electron chi connectivity index (χ2n) is 13.2. The third-order valence-electron chi connectivity index (χ3n) is 8.34. The molecule has 0 aliphatic rings. The molecule has 0 fully saturated rings. The van der Waals surface area contributed by atoms with E-state index in [1.807, 2.05) is 6.92 Å². The van der Waals surface area contributed by atoms with Crippen LogP contribution < -0.4 is 11.1 Å². The zero-order valence-electron chi connectivity index (χ0n) is 31.0. The Hall–Kier alpha value is -3.16. The van der Waals surface area contributed by atoms with E-state index < -0.39 is 17.9 Å². The third kappa shape index (κ3) is 34.5. The van der Waals surface area contributed by atoms with Crippen molar-refractivity contribution in [2.75, 3.05) is 0 Å². The number of hydrogen-bond donors (Lipinski definition) is 3. The summed E-state index contributed by atoms with van der Waals surface area (Å²) in [5.74, 6) is -2.10. The van der Waals surface area contributed by atoms with Crippen LogP contribution in [0.15, 0.2) is 48.6 Å². The number of hydrogen-bond acceptors (Lipinski definition) is 5. The largest absolute Gasteiger partial charge is 0.480 e. The van der Waals surface area contributed by atoms with Crippen LogP contribution in [0.1, 0.15) is 174 Å². The molecule has 8 nitrogen and oxygen atoms in total. The van der Waals surface area contributed by atoms with E-state index in [0.29, 0.717) is 12.8 Å². The molecule has 2 amide bonds. The number of unbranched alkanes of at least 4 members (excludes halogenated alkanes) is 14. The van der Waals surface area contributed by atoms with E-state index in [1.165, 1.54) is 44.9 Å². The number of amides is 2. The Morgan fingerprint density at radius 3 is 1.59 bits per heavy atom. The average molecular weight is 687 g/mol. The molecule has 0 rings (SSSR count). The molecule has 0 aliphatic heterocycles.